The van der Waals surface area contributed by atoms with Crippen molar-refractivity contribution >= 4 is 17.8 Å². The highest BCUT2D eigenvalue weighted by atomic mass is 16.6. The molecule has 1 heterocycles. The van der Waals surface area contributed by atoms with Crippen LogP contribution in [-0.2, 0) is 14.9 Å². The first kappa shape index (κ1) is 15.7. The molecule has 0 aromatic heterocycles. The van der Waals surface area contributed by atoms with Crippen LogP contribution in [0, 0.1) is 0 Å². The van der Waals surface area contributed by atoms with E-state index < -0.39 is 17.1 Å². The van der Waals surface area contributed by atoms with Crippen molar-refractivity contribution in [1.29, 1.82) is 0 Å². The van der Waals surface area contributed by atoms with E-state index in [9.17, 15) is 14.4 Å². The molecule has 23 heavy (non-hydrogen) atoms. The number of benzene rings is 1. The van der Waals surface area contributed by atoms with Crippen LogP contribution in [0.15, 0.2) is 24.3 Å². The summed E-state index contributed by atoms with van der Waals surface area (Å²) in [5, 5.41) is 0. The van der Waals surface area contributed by atoms with E-state index in [2.05, 4.69) is 0 Å². The maximum Gasteiger partial charge on any atom is 0.417 e. The minimum atomic E-state index is -0.636. The lowest BCUT2D eigenvalue weighted by atomic mass is 9.73. The first-order valence-corrected chi connectivity index (χ1v) is 7.88. The molecule has 0 saturated carbocycles. The van der Waals surface area contributed by atoms with Gasteiger partial charge in [-0.3, -0.25) is 9.59 Å². The Bertz CT molecular complexity index is 689. The van der Waals surface area contributed by atoms with Crippen LogP contribution in [0.1, 0.15) is 56.0 Å². The van der Waals surface area contributed by atoms with E-state index in [1.54, 1.807) is 20.8 Å². The van der Waals surface area contributed by atoms with Crippen LogP contribution in [0.2, 0.25) is 0 Å². The number of carbonyl (C=O) groups is 3. The second-order valence-corrected chi connectivity index (χ2v) is 7.38. The molecule has 1 aromatic rings. The number of likely N-dealkylation sites (tertiary alicyclic amines) is 1. The molecule has 2 aliphatic rings. The molecular weight excluding hydrogens is 294 g/mol. The Hall–Kier alpha value is -2.17. The molecule has 1 unspecified atom stereocenters. The minimum absolute atomic E-state index is 0.0825. The van der Waals surface area contributed by atoms with Crippen molar-refractivity contribution in [1.82, 2.24) is 4.90 Å². The van der Waals surface area contributed by atoms with Crippen molar-refractivity contribution in [3.05, 3.63) is 35.4 Å². The largest absolute Gasteiger partial charge is 0.443 e. The summed E-state index contributed by atoms with van der Waals surface area (Å²) in [6, 6.07) is 7.48. The Labute approximate surface area is 135 Å². The van der Waals surface area contributed by atoms with E-state index in [1.807, 2.05) is 24.3 Å². The van der Waals surface area contributed by atoms with Gasteiger partial charge in [0.25, 0.3) is 0 Å². The third-order valence-electron chi connectivity index (χ3n) is 4.52. The number of imide groups is 1. The first-order chi connectivity index (χ1) is 10.7. The molecule has 1 aliphatic carbocycles. The number of hydrogen-bond acceptors (Lipinski definition) is 4. The second-order valence-electron chi connectivity index (χ2n) is 7.38. The third-order valence-corrected chi connectivity index (χ3v) is 4.52. The van der Waals surface area contributed by atoms with Gasteiger partial charge in [-0.2, -0.15) is 0 Å². The number of Topliss-reactive ketones (excluding diaryl/α,β-unsaturated/α-hetero) is 1. The molecular formula is C18H21NO4. The normalized spacial score (nSPS) is 24.0. The van der Waals surface area contributed by atoms with E-state index in [-0.39, 0.29) is 24.7 Å². The Morgan fingerprint density at radius 3 is 2.52 bits per heavy atom. The fraction of sp³-hybridized carbons (Fsp3) is 0.500. The smallest absolute Gasteiger partial charge is 0.417 e. The van der Waals surface area contributed by atoms with Gasteiger partial charge < -0.3 is 4.74 Å². The minimum Gasteiger partial charge on any atom is -0.443 e. The van der Waals surface area contributed by atoms with Gasteiger partial charge >= 0.3 is 6.09 Å². The molecule has 1 aliphatic heterocycles. The lowest BCUT2D eigenvalue weighted by molar-refractivity contribution is -0.134. The van der Waals surface area contributed by atoms with Gasteiger partial charge in [0.15, 0.2) is 5.78 Å². The number of hydrogen-bond donors (Lipinski definition) is 0. The lowest BCUT2D eigenvalue weighted by Gasteiger charge is -2.38. The summed E-state index contributed by atoms with van der Waals surface area (Å²) in [4.78, 5) is 38.1. The number of rotatable bonds is 0. The van der Waals surface area contributed by atoms with E-state index in [4.69, 9.17) is 4.74 Å². The molecule has 5 heteroatoms. The molecule has 1 fully saturated rings. The van der Waals surface area contributed by atoms with Gasteiger partial charge in [0, 0.05) is 30.4 Å². The van der Waals surface area contributed by atoms with Crippen LogP contribution in [0.4, 0.5) is 4.79 Å². The molecule has 3 rings (SSSR count). The van der Waals surface area contributed by atoms with Crippen molar-refractivity contribution in [2.75, 3.05) is 6.54 Å². The molecule has 0 N–H and O–H groups in total. The van der Waals surface area contributed by atoms with Gasteiger partial charge in [0.2, 0.25) is 5.91 Å². The van der Waals surface area contributed by atoms with Crippen LogP contribution in [0.3, 0.4) is 0 Å². The summed E-state index contributed by atoms with van der Waals surface area (Å²) in [6.45, 7) is 5.60. The summed E-state index contributed by atoms with van der Waals surface area (Å²) in [5.41, 5.74) is 0.569. The van der Waals surface area contributed by atoms with Crippen LogP contribution >= 0.6 is 0 Å². The molecule has 2 amide bonds. The van der Waals surface area contributed by atoms with Crippen molar-refractivity contribution < 1.29 is 19.1 Å². The summed E-state index contributed by atoms with van der Waals surface area (Å²) in [5.74, 6) is -0.186. The lowest BCUT2D eigenvalue weighted by Crippen LogP contribution is -2.49. The monoisotopic (exact) mass is 315 g/mol. The Kier molecular flexibility index (Phi) is 3.54. The number of ether oxygens (including phenoxy) is 1. The maximum absolute atomic E-state index is 12.5. The molecule has 1 spiro atoms. The highest BCUT2D eigenvalue weighted by molar-refractivity contribution is 6.04. The number of nitrogens with zero attached hydrogens (tertiary/aromatic N) is 1. The SMILES string of the molecule is CC(C)(C)OC(=O)N1CCC2(CC(=O)c3ccccc32)CC1=O. The van der Waals surface area contributed by atoms with Crippen molar-refractivity contribution in [2.45, 2.75) is 51.0 Å². The predicted molar refractivity (Wildman–Crippen MR) is 84.2 cm³/mol. The number of piperidine rings is 1. The fourth-order valence-corrected chi connectivity index (χ4v) is 3.50. The maximum atomic E-state index is 12.5. The van der Waals surface area contributed by atoms with Crippen LogP contribution in [0.25, 0.3) is 0 Å². The summed E-state index contributed by atoms with van der Waals surface area (Å²) in [7, 11) is 0. The van der Waals surface area contributed by atoms with E-state index >= 15 is 0 Å². The zero-order valence-corrected chi connectivity index (χ0v) is 13.7. The van der Waals surface area contributed by atoms with Gasteiger partial charge in [0.1, 0.15) is 5.60 Å². The molecule has 5 nitrogen and oxygen atoms in total. The average molecular weight is 315 g/mol. The van der Waals surface area contributed by atoms with Gasteiger partial charge in [-0.15, -0.1) is 0 Å². The van der Waals surface area contributed by atoms with E-state index in [0.717, 1.165) is 5.56 Å². The number of amides is 2. The third kappa shape index (κ3) is 2.76. The Balaban J connectivity index is 1.81. The van der Waals surface area contributed by atoms with Crippen LogP contribution < -0.4 is 0 Å². The summed E-state index contributed by atoms with van der Waals surface area (Å²) >= 11 is 0. The second kappa shape index (κ2) is 5.18. The standard InChI is InChI=1S/C18H21NO4/c1-17(2,3)23-16(22)19-9-8-18(11-15(19)21)10-14(20)12-6-4-5-7-13(12)18/h4-7H,8-11H2,1-3H3. The number of ketones is 1. The topological polar surface area (TPSA) is 63.7 Å². The van der Waals surface area contributed by atoms with Crippen LogP contribution in [-0.4, -0.2) is 34.8 Å². The van der Waals surface area contributed by atoms with Gasteiger partial charge in [-0.25, -0.2) is 9.69 Å². The summed E-state index contributed by atoms with van der Waals surface area (Å²) < 4.78 is 5.29. The van der Waals surface area contributed by atoms with Gasteiger partial charge in [-0.1, -0.05) is 24.3 Å². The highest BCUT2D eigenvalue weighted by Crippen LogP contribution is 2.46. The Morgan fingerprint density at radius 2 is 1.87 bits per heavy atom. The van der Waals surface area contributed by atoms with Crippen LogP contribution in [0.5, 0.6) is 0 Å². The quantitative estimate of drug-likeness (QED) is 0.738. The Morgan fingerprint density at radius 1 is 1.17 bits per heavy atom. The predicted octanol–water partition coefficient (Wildman–Crippen LogP) is 3.07. The van der Waals surface area contributed by atoms with E-state index in [1.165, 1.54) is 4.90 Å². The summed E-state index contributed by atoms with van der Waals surface area (Å²) in [6.07, 6.45) is 0.519. The van der Waals surface area contributed by atoms with Crippen molar-refractivity contribution in [3.8, 4) is 0 Å². The van der Waals surface area contributed by atoms with Gasteiger partial charge in [-0.05, 0) is 32.8 Å². The molecule has 122 valence electrons. The first-order valence-electron chi connectivity index (χ1n) is 7.88. The fourth-order valence-electron chi connectivity index (χ4n) is 3.50. The average Bonchev–Trinajstić information content (AvgIpc) is 2.70. The van der Waals surface area contributed by atoms with E-state index in [0.29, 0.717) is 18.4 Å². The van der Waals surface area contributed by atoms with Crippen molar-refractivity contribution in [2.24, 2.45) is 0 Å². The molecule has 1 saturated heterocycles. The molecule has 1 atom stereocenters. The zero-order valence-electron chi connectivity index (χ0n) is 13.7. The molecule has 0 bridgehead atoms. The number of fused-ring (bicyclic) bond motifs is 2. The zero-order chi connectivity index (χ0) is 16.8. The van der Waals surface area contributed by atoms with Gasteiger partial charge in [0.05, 0.1) is 0 Å². The highest BCUT2D eigenvalue weighted by Gasteiger charge is 2.49. The van der Waals surface area contributed by atoms with Crippen molar-refractivity contribution in [3.63, 3.8) is 0 Å². The molecule has 0 radical (unpaired) electrons. The number of carbonyl (C=O) groups excluding carboxylic acids is 3. The molecule has 1 aromatic carbocycles.